The van der Waals surface area contributed by atoms with E-state index in [2.05, 4.69) is 63.9 Å². The molecular weight excluding hydrogens is 380 g/mol. The van der Waals surface area contributed by atoms with E-state index in [1.807, 2.05) is 19.1 Å². The summed E-state index contributed by atoms with van der Waals surface area (Å²) in [5.41, 5.74) is 21.9. The van der Waals surface area contributed by atoms with Gasteiger partial charge in [0.15, 0.2) is 0 Å². The van der Waals surface area contributed by atoms with Crippen molar-refractivity contribution in [1.82, 2.24) is 0 Å². The van der Waals surface area contributed by atoms with Crippen LogP contribution >= 0.6 is 0 Å². The van der Waals surface area contributed by atoms with Gasteiger partial charge < -0.3 is 11.5 Å². The number of hydrogen-bond donors (Lipinski definition) is 2. The normalized spacial score (nSPS) is 12.7. The SMILES string of the molecule is C/C=C\C(N)=NCCCc1c(C)cc(C(N)=Nc2cc(CC)cc(CC)c2C)cc1C. The summed E-state index contributed by atoms with van der Waals surface area (Å²) < 4.78 is 0. The Hall–Kier alpha value is -2.88. The van der Waals surface area contributed by atoms with Crippen LogP contribution in [0.3, 0.4) is 0 Å². The first-order valence-corrected chi connectivity index (χ1v) is 11.3. The molecule has 0 bridgehead atoms. The van der Waals surface area contributed by atoms with Crippen LogP contribution in [-0.2, 0) is 19.3 Å². The summed E-state index contributed by atoms with van der Waals surface area (Å²) in [5, 5.41) is 0. The first-order valence-electron chi connectivity index (χ1n) is 11.3. The Morgan fingerprint density at radius 2 is 1.65 bits per heavy atom. The third kappa shape index (κ3) is 6.55. The van der Waals surface area contributed by atoms with E-state index in [1.165, 1.54) is 33.4 Å². The lowest BCUT2D eigenvalue weighted by Gasteiger charge is -2.14. The van der Waals surface area contributed by atoms with Gasteiger partial charge in [-0.15, -0.1) is 0 Å². The number of rotatable bonds is 9. The highest BCUT2D eigenvalue weighted by Crippen LogP contribution is 2.26. The van der Waals surface area contributed by atoms with Gasteiger partial charge in [0.1, 0.15) is 11.7 Å². The van der Waals surface area contributed by atoms with Crippen LogP contribution in [0.25, 0.3) is 0 Å². The predicted molar refractivity (Wildman–Crippen MR) is 136 cm³/mol. The summed E-state index contributed by atoms with van der Waals surface area (Å²) in [7, 11) is 0. The van der Waals surface area contributed by atoms with Crippen LogP contribution in [0.1, 0.15) is 66.1 Å². The number of amidine groups is 2. The van der Waals surface area contributed by atoms with Crippen molar-refractivity contribution >= 4 is 17.4 Å². The van der Waals surface area contributed by atoms with Gasteiger partial charge >= 0.3 is 0 Å². The summed E-state index contributed by atoms with van der Waals surface area (Å²) in [6, 6.07) is 8.75. The maximum Gasteiger partial charge on any atom is 0.131 e. The number of nitrogens with two attached hydrogens (primary N) is 2. The Bertz CT molecular complexity index is 974. The second-order valence-corrected chi connectivity index (χ2v) is 8.10. The molecule has 0 aliphatic heterocycles. The Balaban J connectivity index is 2.25. The van der Waals surface area contributed by atoms with Crippen molar-refractivity contribution in [3.05, 3.63) is 75.4 Å². The van der Waals surface area contributed by atoms with Crippen LogP contribution in [0.2, 0.25) is 0 Å². The number of benzene rings is 2. The zero-order valence-electron chi connectivity index (χ0n) is 20.0. The molecule has 0 saturated carbocycles. The standard InChI is InChI=1S/C27H38N4/c1-7-11-26(28)30-13-10-12-24-18(4)14-23(15-19(24)5)27(29)31-25-17-21(8-2)16-22(9-3)20(25)6/h7,11,14-17H,8-10,12-13H2,1-6H3,(H2,28,30)(H2,29,31)/b11-7-. The molecule has 4 nitrogen and oxygen atoms in total. The van der Waals surface area contributed by atoms with Crippen molar-refractivity contribution < 1.29 is 0 Å². The first-order chi connectivity index (χ1) is 14.8. The van der Waals surface area contributed by atoms with E-state index in [0.717, 1.165) is 43.5 Å². The highest BCUT2D eigenvalue weighted by molar-refractivity contribution is 5.99. The average molecular weight is 419 g/mol. The van der Waals surface area contributed by atoms with Gasteiger partial charge in [0.2, 0.25) is 0 Å². The van der Waals surface area contributed by atoms with Crippen molar-refractivity contribution in [1.29, 1.82) is 0 Å². The molecule has 0 aliphatic rings. The molecule has 31 heavy (non-hydrogen) atoms. The van der Waals surface area contributed by atoms with Crippen molar-refractivity contribution in [3.63, 3.8) is 0 Å². The van der Waals surface area contributed by atoms with Crippen molar-refractivity contribution in [2.45, 2.75) is 67.2 Å². The minimum atomic E-state index is 0.569. The molecule has 0 aliphatic carbocycles. The largest absolute Gasteiger partial charge is 0.384 e. The lowest BCUT2D eigenvalue weighted by molar-refractivity contribution is 0.823. The summed E-state index contributed by atoms with van der Waals surface area (Å²) in [4.78, 5) is 9.21. The van der Waals surface area contributed by atoms with E-state index in [9.17, 15) is 0 Å². The van der Waals surface area contributed by atoms with Gasteiger partial charge in [-0.25, -0.2) is 4.99 Å². The summed E-state index contributed by atoms with van der Waals surface area (Å²) in [6.07, 6.45) is 7.66. The van der Waals surface area contributed by atoms with E-state index in [-0.39, 0.29) is 0 Å². The number of allylic oxidation sites excluding steroid dienone is 1. The predicted octanol–water partition coefficient (Wildman–Crippen LogP) is 5.64. The third-order valence-electron chi connectivity index (χ3n) is 5.79. The molecule has 4 heteroatoms. The van der Waals surface area contributed by atoms with Crippen LogP contribution < -0.4 is 11.5 Å². The van der Waals surface area contributed by atoms with Crippen molar-refractivity contribution in [2.75, 3.05) is 6.54 Å². The third-order valence-corrected chi connectivity index (χ3v) is 5.79. The van der Waals surface area contributed by atoms with E-state index in [0.29, 0.717) is 11.7 Å². The molecule has 4 N–H and O–H groups in total. The van der Waals surface area contributed by atoms with Crippen LogP contribution in [-0.4, -0.2) is 18.2 Å². The molecule has 0 saturated heterocycles. The van der Waals surface area contributed by atoms with Gasteiger partial charge in [-0.1, -0.05) is 26.0 Å². The lowest BCUT2D eigenvalue weighted by Crippen LogP contribution is -2.14. The second-order valence-electron chi connectivity index (χ2n) is 8.10. The van der Waals surface area contributed by atoms with Crippen LogP contribution in [0.4, 0.5) is 5.69 Å². The number of nitrogens with zero attached hydrogens (tertiary/aromatic N) is 2. The Morgan fingerprint density at radius 3 is 2.23 bits per heavy atom. The van der Waals surface area contributed by atoms with E-state index in [4.69, 9.17) is 16.5 Å². The zero-order chi connectivity index (χ0) is 23.0. The van der Waals surface area contributed by atoms with E-state index in [1.54, 1.807) is 0 Å². The maximum atomic E-state index is 6.46. The highest BCUT2D eigenvalue weighted by atomic mass is 14.9. The van der Waals surface area contributed by atoms with E-state index >= 15 is 0 Å². The minimum Gasteiger partial charge on any atom is -0.384 e. The summed E-state index contributed by atoms with van der Waals surface area (Å²) in [5.74, 6) is 1.16. The van der Waals surface area contributed by atoms with Crippen LogP contribution in [0, 0.1) is 20.8 Å². The van der Waals surface area contributed by atoms with Gasteiger partial charge in [0.25, 0.3) is 0 Å². The van der Waals surface area contributed by atoms with Crippen molar-refractivity contribution in [2.24, 2.45) is 21.5 Å². The molecule has 0 aromatic heterocycles. The Morgan fingerprint density at radius 1 is 0.968 bits per heavy atom. The van der Waals surface area contributed by atoms with Crippen LogP contribution in [0.15, 0.2) is 46.4 Å². The quantitative estimate of drug-likeness (QED) is 0.314. The van der Waals surface area contributed by atoms with Gasteiger partial charge in [0.05, 0.1) is 5.69 Å². The Labute approximate surface area is 188 Å². The molecule has 2 aromatic rings. The monoisotopic (exact) mass is 418 g/mol. The molecule has 0 atom stereocenters. The molecule has 2 aromatic carbocycles. The maximum absolute atomic E-state index is 6.46. The summed E-state index contributed by atoms with van der Waals surface area (Å²) >= 11 is 0. The molecular formula is C27H38N4. The molecule has 0 spiro atoms. The summed E-state index contributed by atoms with van der Waals surface area (Å²) in [6.45, 7) is 13.5. The number of hydrogen-bond acceptors (Lipinski definition) is 2. The van der Waals surface area contributed by atoms with Crippen molar-refractivity contribution in [3.8, 4) is 0 Å². The molecule has 2 rings (SSSR count). The first kappa shape index (κ1) is 24.4. The molecule has 0 amide bonds. The topological polar surface area (TPSA) is 76.8 Å². The molecule has 0 fully saturated rings. The average Bonchev–Trinajstić information content (AvgIpc) is 2.74. The lowest BCUT2D eigenvalue weighted by atomic mass is 9.95. The second kappa shape index (κ2) is 11.5. The molecule has 0 radical (unpaired) electrons. The van der Waals surface area contributed by atoms with Gasteiger partial charge in [0, 0.05) is 12.1 Å². The fraction of sp³-hybridized carbons (Fsp3) is 0.407. The molecule has 166 valence electrons. The Kier molecular flexibility index (Phi) is 9.04. The van der Waals surface area contributed by atoms with Crippen LogP contribution in [0.5, 0.6) is 0 Å². The molecule has 0 heterocycles. The molecule has 0 unspecified atom stereocenters. The zero-order valence-corrected chi connectivity index (χ0v) is 20.0. The fourth-order valence-corrected chi connectivity index (χ4v) is 3.93. The van der Waals surface area contributed by atoms with E-state index < -0.39 is 0 Å². The smallest absolute Gasteiger partial charge is 0.131 e. The van der Waals surface area contributed by atoms with Gasteiger partial charge in [-0.3, -0.25) is 4.99 Å². The fourth-order valence-electron chi connectivity index (χ4n) is 3.93. The van der Waals surface area contributed by atoms with Gasteiger partial charge in [-0.2, -0.15) is 0 Å². The van der Waals surface area contributed by atoms with Gasteiger partial charge in [-0.05, 0) is 111 Å². The minimum absolute atomic E-state index is 0.569. The number of aliphatic imine (C=N–C) groups is 2. The highest BCUT2D eigenvalue weighted by Gasteiger charge is 2.10. The number of aryl methyl sites for hydroxylation is 4.